The normalized spacial score (nSPS) is 10.7. The summed E-state index contributed by atoms with van der Waals surface area (Å²) >= 11 is 7.53. The zero-order valence-corrected chi connectivity index (χ0v) is 12.6. The first-order valence-electron chi connectivity index (χ1n) is 5.86. The number of thiophene rings is 1. The van der Waals surface area contributed by atoms with E-state index in [1.165, 1.54) is 0 Å². The van der Waals surface area contributed by atoms with Gasteiger partial charge in [0.05, 0.1) is 5.39 Å². The number of anilines is 1. The van der Waals surface area contributed by atoms with Crippen LogP contribution in [0.25, 0.3) is 10.2 Å². The molecule has 5 nitrogen and oxygen atoms in total. The van der Waals surface area contributed by atoms with Crippen molar-refractivity contribution in [3.8, 4) is 0 Å². The van der Waals surface area contributed by atoms with E-state index < -0.39 is 0 Å². The summed E-state index contributed by atoms with van der Waals surface area (Å²) in [7, 11) is 3.53. The van der Waals surface area contributed by atoms with Gasteiger partial charge in [0.15, 0.2) is 0 Å². The Morgan fingerprint density at radius 2 is 2.26 bits per heavy atom. The van der Waals surface area contributed by atoms with Gasteiger partial charge in [-0.1, -0.05) is 0 Å². The molecule has 0 saturated carbocycles. The zero-order chi connectivity index (χ0) is 14.0. The van der Waals surface area contributed by atoms with Crippen LogP contribution in [-0.2, 0) is 4.79 Å². The van der Waals surface area contributed by atoms with Crippen molar-refractivity contribution in [2.45, 2.75) is 13.3 Å². The Kier molecular flexibility index (Phi) is 4.21. The van der Waals surface area contributed by atoms with E-state index in [0.29, 0.717) is 13.0 Å². The second kappa shape index (κ2) is 5.71. The number of amides is 1. The minimum absolute atomic E-state index is 0.00439. The van der Waals surface area contributed by atoms with Crippen LogP contribution < -0.4 is 10.2 Å². The molecule has 0 aliphatic rings. The highest BCUT2D eigenvalue weighted by molar-refractivity contribution is 7.18. The Hall–Kier alpha value is -1.40. The van der Waals surface area contributed by atoms with Gasteiger partial charge in [0.25, 0.3) is 0 Å². The van der Waals surface area contributed by atoms with Gasteiger partial charge in [0.2, 0.25) is 11.2 Å². The number of nitrogens with one attached hydrogen (secondary N) is 1. The molecule has 0 saturated heterocycles. The molecule has 0 aliphatic carbocycles. The van der Waals surface area contributed by atoms with Crippen LogP contribution in [0.4, 0.5) is 5.82 Å². The van der Waals surface area contributed by atoms with Crippen molar-refractivity contribution >= 4 is 44.9 Å². The molecule has 0 radical (unpaired) electrons. The molecule has 0 unspecified atom stereocenters. The second-order valence-corrected chi connectivity index (χ2v) is 5.81. The smallest absolute Gasteiger partial charge is 0.225 e. The number of hydrogen-bond acceptors (Lipinski definition) is 5. The van der Waals surface area contributed by atoms with Gasteiger partial charge < -0.3 is 10.2 Å². The Balaban J connectivity index is 2.30. The Bertz CT molecular complexity index is 613. The molecule has 0 aromatic carbocycles. The summed E-state index contributed by atoms with van der Waals surface area (Å²) in [6.45, 7) is 2.60. The van der Waals surface area contributed by atoms with Gasteiger partial charge in [-0.2, -0.15) is 4.98 Å². The molecule has 2 aromatic rings. The second-order valence-electron chi connectivity index (χ2n) is 4.24. The fourth-order valence-electron chi connectivity index (χ4n) is 1.79. The van der Waals surface area contributed by atoms with Crippen LogP contribution in [0.15, 0.2) is 6.07 Å². The van der Waals surface area contributed by atoms with E-state index in [1.54, 1.807) is 18.4 Å². The molecule has 1 N–H and O–H groups in total. The third-order valence-corrected chi connectivity index (χ3v) is 3.90. The summed E-state index contributed by atoms with van der Waals surface area (Å²) in [6, 6.07) is 2.04. The number of hydrogen-bond donors (Lipinski definition) is 1. The van der Waals surface area contributed by atoms with E-state index in [9.17, 15) is 4.79 Å². The lowest BCUT2D eigenvalue weighted by Crippen LogP contribution is -2.27. The highest BCUT2D eigenvalue weighted by Gasteiger charge is 2.14. The van der Waals surface area contributed by atoms with Crippen molar-refractivity contribution in [2.24, 2.45) is 0 Å². The summed E-state index contributed by atoms with van der Waals surface area (Å²) in [4.78, 5) is 23.7. The predicted molar refractivity (Wildman–Crippen MR) is 79.1 cm³/mol. The van der Waals surface area contributed by atoms with Crippen LogP contribution in [0.3, 0.4) is 0 Å². The van der Waals surface area contributed by atoms with Crippen LogP contribution in [0, 0.1) is 6.92 Å². The minimum Gasteiger partial charge on any atom is -0.359 e. The largest absolute Gasteiger partial charge is 0.359 e. The van der Waals surface area contributed by atoms with Crippen LogP contribution >= 0.6 is 22.9 Å². The van der Waals surface area contributed by atoms with E-state index in [1.807, 2.05) is 24.9 Å². The lowest BCUT2D eigenvalue weighted by Gasteiger charge is -2.18. The highest BCUT2D eigenvalue weighted by atomic mass is 35.5. The summed E-state index contributed by atoms with van der Waals surface area (Å²) in [6.07, 6.45) is 0.416. The Morgan fingerprint density at radius 1 is 1.53 bits per heavy atom. The van der Waals surface area contributed by atoms with Crippen molar-refractivity contribution < 1.29 is 4.79 Å². The number of aryl methyl sites for hydroxylation is 1. The third-order valence-electron chi connectivity index (χ3n) is 2.78. The molecule has 0 bridgehead atoms. The maximum absolute atomic E-state index is 11.3. The molecule has 0 aliphatic heterocycles. The molecule has 0 atom stereocenters. The SMILES string of the molecule is CNC(=O)CCN(C)c1nc(Cl)nc2sc(C)cc12. The lowest BCUT2D eigenvalue weighted by atomic mass is 10.3. The number of carbonyl (C=O) groups excluding carboxylic acids is 1. The summed E-state index contributed by atoms with van der Waals surface area (Å²) < 4.78 is 0. The molecular weight excluding hydrogens is 284 g/mol. The molecule has 0 fully saturated rings. The molecule has 2 aromatic heterocycles. The van der Waals surface area contributed by atoms with E-state index in [0.717, 1.165) is 20.9 Å². The first-order chi connectivity index (χ1) is 9.01. The van der Waals surface area contributed by atoms with Gasteiger partial charge in [-0.3, -0.25) is 4.79 Å². The van der Waals surface area contributed by atoms with Gasteiger partial charge in [-0.05, 0) is 24.6 Å². The van der Waals surface area contributed by atoms with Gasteiger partial charge in [-0.25, -0.2) is 4.98 Å². The van der Waals surface area contributed by atoms with Crippen molar-refractivity contribution in [2.75, 3.05) is 25.5 Å². The lowest BCUT2D eigenvalue weighted by molar-refractivity contribution is -0.120. The minimum atomic E-state index is 0.00439. The van der Waals surface area contributed by atoms with Gasteiger partial charge in [0, 0.05) is 31.9 Å². The fourth-order valence-corrected chi connectivity index (χ4v) is 2.88. The molecular formula is C12H15ClN4OS. The standard InChI is InChI=1S/C12H15ClN4OS/c1-7-6-8-10(15-12(13)16-11(8)19-7)17(3)5-4-9(18)14-2/h6H,4-5H2,1-3H3,(H,14,18). The predicted octanol–water partition coefficient (Wildman–Crippen LogP) is 2.23. The van der Waals surface area contributed by atoms with Crippen LogP contribution in [0.2, 0.25) is 5.28 Å². The van der Waals surface area contributed by atoms with Crippen molar-refractivity contribution in [3.05, 3.63) is 16.2 Å². The third kappa shape index (κ3) is 3.13. The number of aromatic nitrogens is 2. The summed E-state index contributed by atoms with van der Waals surface area (Å²) in [5.41, 5.74) is 0. The molecule has 102 valence electrons. The van der Waals surface area contributed by atoms with Gasteiger partial charge >= 0.3 is 0 Å². The molecule has 2 rings (SSSR count). The van der Waals surface area contributed by atoms with Crippen LogP contribution in [0.5, 0.6) is 0 Å². The molecule has 7 heteroatoms. The average molecular weight is 299 g/mol. The van der Waals surface area contributed by atoms with Crippen molar-refractivity contribution in [1.82, 2.24) is 15.3 Å². The number of nitrogens with zero attached hydrogens (tertiary/aromatic N) is 3. The van der Waals surface area contributed by atoms with E-state index in [2.05, 4.69) is 15.3 Å². The topological polar surface area (TPSA) is 58.1 Å². The summed E-state index contributed by atoms with van der Waals surface area (Å²) in [5.74, 6) is 0.771. The Labute approximate surface area is 120 Å². The van der Waals surface area contributed by atoms with Gasteiger partial charge in [-0.15, -0.1) is 11.3 Å². The zero-order valence-electron chi connectivity index (χ0n) is 11.0. The van der Waals surface area contributed by atoms with Gasteiger partial charge in [0.1, 0.15) is 10.6 Å². The number of halogens is 1. The van der Waals surface area contributed by atoms with Crippen LogP contribution in [0.1, 0.15) is 11.3 Å². The number of carbonyl (C=O) groups is 1. The van der Waals surface area contributed by atoms with E-state index in [-0.39, 0.29) is 11.2 Å². The molecule has 1 amide bonds. The number of fused-ring (bicyclic) bond motifs is 1. The number of rotatable bonds is 4. The maximum Gasteiger partial charge on any atom is 0.225 e. The first-order valence-corrected chi connectivity index (χ1v) is 7.06. The van der Waals surface area contributed by atoms with Crippen molar-refractivity contribution in [3.63, 3.8) is 0 Å². The molecule has 2 heterocycles. The quantitative estimate of drug-likeness (QED) is 0.880. The van der Waals surface area contributed by atoms with Crippen LogP contribution in [-0.4, -0.2) is 36.5 Å². The monoisotopic (exact) mass is 298 g/mol. The summed E-state index contributed by atoms with van der Waals surface area (Å²) in [5, 5.41) is 3.81. The average Bonchev–Trinajstić information content (AvgIpc) is 2.74. The fraction of sp³-hybridized carbons (Fsp3) is 0.417. The highest BCUT2D eigenvalue weighted by Crippen LogP contribution is 2.31. The van der Waals surface area contributed by atoms with Crippen molar-refractivity contribution in [1.29, 1.82) is 0 Å². The molecule has 19 heavy (non-hydrogen) atoms. The van der Waals surface area contributed by atoms with E-state index >= 15 is 0 Å². The maximum atomic E-state index is 11.3. The molecule has 0 spiro atoms. The van der Waals surface area contributed by atoms with E-state index in [4.69, 9.17) is 11.6 Å². The first kappa shape index (κ1) is 14.0. The Morgan fingerprint density at radius 3 is 2.95 bits per heavy atom.